The van der Waals surface area contributed by atoms with Gasteiger partial charge < -0.3 is 14.8 Å². The van der Waals surface area contributed by atoms with Crippen molar-refractivity contribution >= 4 is 44.6 Å². The monoisotopic (exact) mass is 527 g/mol. The number of sulfonamides is 1. The van der Waals surface area contributed by atoms with Gasteiger partial charge in [0, 0.05) is 24.4 Å². The summed E-state index contributed by atoms with van der Waals surface area (Å²) in [5, 5.41) is 5.60. The number of carbonyl (C=O) groups is 1. The molecule has 0 radical (unpaired) electrons. The van der Waals surface area contributed by atoms with Crippen LogP contribution in [0.1, 0.15) is 24.2 Å². The highest BCUT2D eigenvalue weighted by atomic mass is 32.2. The van der Waals surface area contributed by atoms with Crippen LogP contribution in [0.15, 0.2) is 83.8 Å². The number of hydrogen-bond acceptors (Lipinski definition) is 6. The molecule has 0 heterocycles. The van der Waals surface area contributed by atoms with E-state index in [-0.39, 0.29) is 10.0 Å². The third-order valence-electron chi connectivity index (χ3n) is 5.06. The number of hydrogen-bond donors (Lipinski definition) is 2. The number of para-hydroxylation sites is 1. The van der Waals surface area contributed by atoms with E-state index in [1.54, 1.807) is 67.6 Å². The summed E-state index contributed by atoms with van der Waals surface area (Å²) in [6.45, 7) is 5.44. The quantitative estimate of drug-likeness (QED) is 0.281. The Kier molecular flexibility index (Phi) is 9.80. The van der Waals surface area contributed by atoms with Crippen LogP contribution in [0.5, 0.6) is 5.75 Å². The Hall–Kier alpha value is -3.47. The highest BCUT2D eigenvalue weighted by molar-refractivity contribution is 7.92. The summed E-state index contributed by atoms with van der Waals surface area (Å²) in [6.07, 6.45) is 0. The molecule has 0 aliphatic carbocycles. The van der Waals surface area contributed by atoms with Gasteiger partial charge >= 0.3 is 0 Å². The number of anilines is 2. The Bertz CT molecular complexity index is 1270. The molecule has 0 saturated heterocycles. The molecule has 2 N–H and O–H groups in total. The van der Waals surface area contributed by atoms with Gasteiger partial charge in [-0.2, -0.15) is 0 Å². The largest absolute Gasteiger partial charge is 0.491 e. The highest BCUT2D eigenvalue weighted by Crippen LogP contribution is 2.24. The van der Waals surface area contributed by atoms with Gasteiger partial charge in [-0.25, -0.2) is 8.42 Å². The number of nitrogens with zero attached hydrogens (tertiary/aromatic N) is 1. The van der Waals surface area contributed by atoms with Crippen LogP contribution in [0.3, 0.4) is 0 Å². The predicted molar refractivity (Wildman–Crippen MR) is 145 cm³/mol. The number of rotatable bonds is 11. The van der Waals surface area contributed by atoms with Crippen LogP contribution in [-0.2, 0) is 14.8 Å². The minimum Gasteiger partial charge on any atom is -0.491 e. The van der Waals surface area contributed by atoms with Crippen molar-refractivity contribution in [1.29, 1.82) is 0 Å². The molecular formula is C26H29N3O5S2. The molecule has 3 aromatic carbocycles. The molecule has 190 valence electrons. The summed E-state index contributed by atoms with van der Waals surface area (Å²) in [4.78, 5) is 12.7. The maximum absolute atomic E-state index is 13.1. The second kappa shape index (κ2) is 13.0. The molecule has 3 rings (SSSR count). The SMILES string of the molecule is CCOCCOc1cccc(C(=O)NC(=S)Nc2ccc(S(=O)(=O)N(CC)c3ccccc3)cc2)c1. The first-order valence-electron chi connectivity index (χ1n) is 11.5. The molecule has 1 amide bonds. The lowest BCUT2D eigenvalue weighted by molar-refractivity contribution is 0.0976. The van der Waals surface area contributed by atoms with Crippen molar-refractivity contribution in [1.82, 2.24) is 5.32 Å². The van der Waals surface area contributed by atoms with Crippen LogP contribution in [-0.4, -0.2) is 45.8 Å². The summed E-state index contributed by atoms with van der Waals surface area (Å²) in [5.41, 5.74) is 1.51. The van der Waals surface area contributed by atoms with Crippen molar-refractivity contribution in [2.24, 2.45) is 0 Å². The smallest absolute Gasteiger partial charge is 0.264 e. The van der Waals surface area contributed by atoms with Gasteiger partial charge in [0.15, 0.2) is 5.11 Å². The van der Waals surface area contributed by atoms with Crippen molar-refractivity contribution in [2.75, 3.05) is 36.0 Å². The van der Waals surface area contributed by atoms with Crippen molar-refractivity contribution in [2.45, 2.75) is 18.7 Å². The number of nitrogens with one attached hydrogen (secondary N) is 2. The topological polar surface area (TPSA) is 97.0 Å². The van der Waals surface area contributed by atoms with Gasteiger partial charge in [-0.15, -0.1) is 0 Å². The Balaban J connectivity index is 1.60. The molecule has 36 heavy (non-hydrogen) atoms. The zero-order valence-corrected chi connectivity index (χ0v) is 21.8. The number of amides is 1. The summed E-state index contributed by atoms with van der Waals surface area (Å²) in [5.74, 6) is 0.151. The molecule has 10 heteroatoms. The van der Waals surface area contributed by atoms with E-state index in [0.29, 0.717) is 49.1 Å². The fourth-order valence-electron chi connectivity index (χ4n) is 3.35. The molecule has 0 fully saturated rings. The predicted octanol–water partition coefficient (Wildman–Crippen LogP) is 4.44. The minimum atomic E-state index is -3.74. The Morgan fingerprint density at radius 2 is 1.67 bits per heavy atom. The lowest BCUT2D eigenvalue weighted by Gasteiger charge is -2.23. The van der Waals surface area contributed by atoms with E-state index >= 15 is 0 Å². The Morgan fingerprint density at radius 1 is 0.944 bits per heavy atom. The van der Waals surface area contributed by atoms with E-state index in [1.807, 2.05) is 13.0 Å². The summed E-state index contributed by atoms with van der Waals surface area (Å²) in [7, 11) is -3.74. The van der Waals surface area contributed by atoms with E-state index < -0.39 is 15.9 Å². The molecule has 0 aliphatic heterocycles. The Labute approximate surface area is 217 Å². The molecule has 0 bridgehead atoms. The number of carbonyl (C=O) groups excluding carboxylic acids is 1. The van der Waals surface area contributed by atoms with E-state index in [1.165, 1.54) is 16.4 Å². The van der Waals surface area contributed by atoms with Crippen molar-refractivity contribution in [3.05, 3.63) is 84.4 Å². The fraction of sp³-hybridized carbons (Fsp3) is 0.231. The zero-order valence-electron chi connectivity index (χ0n) is 20.1. The van der Waals surface area contributed by atoms with Crippen LogP contribution in [0.2, 0.25) is 0 Å². The second-order valence-corrected chi connectivity index (χ2v) is 9.78. The zero-order chi connectivity index (χ0) is 26.0. The molecule has 3 aromatic rings. The average Bonchev–Trinajstić information content (AvgIpc) is 2.88. The molecular weight excluding hydrogens is 498 g/mol. The van der Waals surface area contributed by atoms with Gasteiger partial charge in [0.05, 0.1) is 17.2 Å². The van der Waals surface area contributed by atoms with Gasteiger partial charge in [-0.1, -0.05) is 24.3 Å². The van der Waals surface area contributed by atoms with Gasteiger partial charge in [0.1, 0.15) is 12.4 Å². The van der Waals surface area contributed by atoms with Crippen LogP contribution in [0.4, 0.5) is 11.4 Å². The first-order chi connectivity index (χ1) is 17.3. The maximum Gasteiger partial charge on any atom is 0.264 e. The van der Waals surface area contributed by atoms with E-state index in [4.69, 9.17) is 21.7 Å². The van der Waals surface area contributed by atoms with E-state index in [9.17, 15) is 13.2 Å². The van der Waals surface area contributed by atoms with Crippen molar-refractivity contribution < 1.29 is 22.7 Å². The minimum absolute atomic E-state index is 0.0812. The van der Waals surface area contributed by atoms with Crippen molar-refractivity contribution in [3.8, 4) is 5.75 Å². The van der Waals surface area contributed by atoms with Crippen LogP contribution >= 0.6 is 12.2 Å². The Morgan fingerprint density at radius 3 is 2.33 bits per heavy atom. The normalized spacial score (nSPS) is 10.9. The lowest BCUT2D eigenvalue weighted by Crippen LogP contribution is -2.34. The molecule has 0 saturated carbocycles. The van der Waals surface area contributed by atoms with Crippen LogP contribution < -0.4 is 19.7 Å². The van der Waals surface area contributed by atoms with E-state index in [0.717, 1.165) is 0 Å². The standard InChI is InChI=1S/C26H29N3O5S2/c1-3-29(22-10-6-5-7-11-22)36(31,32)24-15-13-21(14-16-24)27-26(35)28-25(30)20-9-8-12-23(19-20)34-18-17-33-4-2/h5-16,19H,3-4,17-18H2,1-2H3,(H2,27,28,30,35). The third kappa shape index (κ3) is 7.27. The fourth-order valence-corrected chi connectivity index (χ4v) is 5.03. The molecule has 8 nitrogen and oxygen atoms in total. The van der Waals surface area contributed by atoms with Gasteiger partial charge in [-0.3, -0.25) is 14.4 Å². The molecule has 0 atom stereocenters. The summed E-state index contributed by atoms with van der Waals surface area (Å²) >= 11 is 5.26. The number of benzene rings is 3. The molecule has 0 aromatic heterocycles. The van der Waals surface area contributed by atoms with Crippen molar-refractivity contribution in [3.63, 3.8) is 0 Å². The number of ether oxygens (including phenoxy) is 2. The maximum atomic E-state index is 13.1. The summed E-state index contributed by atoms with van der Waals surface area (Å²) < 4.78 is 38.4. The summed E-state index contributed by atoms with van der Waals surface area (Å²) in [6, 6.07) is 21.9. The first-order valence-corrected chi connectivity index (χ1v) is 13.3. The van der Waals surface area contributed by atoms with Crippen LogP contribution in [0, 0.1) is 0 Å². The highest BCUT2D eigenvalue weighted by Gasteiger charge is 2.23. The molecule has 0 aliphatic rings. The average molecular weight is 528 g/mol. The molecule has 0 unspecified atom stereocenters. The van der Waals surface area contributed by atoms with E-state index in [2.05, 4.69) is 10.6 Å². The third-order valence-corrected chi connectivity index (χ3v) is 7.18. The lowest BCUT2D eigenvalue weighted by atomic mass is 10.2. The first kappa shape index (κ1) is 27.1. The van der Waals surface area contributed by atoms with Gasteiger partial charge in [0.25, 0.3) is 15.9 Å². The molecule has 0 spiro atoms. The van der Waals surface area contributed by atoms with Crippen LogP contribution in [0.25, 0.3) is 0 Å². The van der Waals surface area contributed by atoms with Gasteiger partial charge in [0.2, 0.25) is 0 Å². The second-order valence-electron chi connectivity index (χ2n) is 7.51. The van der Waals surface area contributed by atoms with Gasteiger partial charge in [-0.05, 0) is 80.7 Å². The number of thiocarbonyl (C=S) groups is 1.